The zero-order valence-corrected chi connectivity index (χ0v) is 12.2. The second-order valence-electron chi connectivity index (χ2n) is 5.93. The van der Waals surface area contributed by atoms with Crippen molar-refractivity contribution < 1.29 is 4.79 Å². The van der Waals surface area contributed by atoms with Crippen LogP contribution < -0.4 is 5.73 Å². The smallest absolute Gasteiger partial charge is 0.236 e. The van der Waals surface area contributed by atoms with Crippen molar-refractivity contribution in [1.82, 2.24) is 9.80 Å². The zero-order chi connectivity index (χ0) is 12.3. The summed E-state index contributed by atoms with van der Waals surface area (Å²) in [5.74, 6) is 0.783. The Hall–Kier alpha value is -0.320. The Balaban J connectivity index is 0.00000256. The van der Waals surface area contributed by atoms with Gasteiger partial charge < -0.3 is 10.6 Å². The number of hydrogen-bond donors (Lipinski definition) is 1. The van der Waals surface area contributed by atoms with Gasteiger partial charge in [-0.05, 0) is 19.8 Å². The number of rotatable bonds is 4. The number of carbonyl (C=O) groups is 1. The number of amides is 1. The van der Waals surface area contributed by atoms with Gasteiger partial charge in [0.1, 0.15) is 0 Å². The summed E-state index contributed by atoms with van der Waals surface area (Å²) in [5.41, 5.74) is 5.74. The average molecular weight is 264 g/mol. The van der Waals surface area contributed by atoms with Crippen molar-refractivity contribution in [3.63, 3.8) is 0 Å². The molecule has 1 rings (SSSR count). The summed E-state index contributed by atoms with van der Waals surface area (Å²) in [6, 6.07) is 0. The van der Waals surface area contributed by atoms with Gasteiger partial charge in [-0.3, -0.25) is 9.69 Å². The van der Waals surface area contributed by atoms with E-state index in [4.69, 9.17) is 5.73 Å². The van der Waals surface area contributed by atoms with Crippen molar-refractivity contribution in [2.24, 2.45) is 11.7 Å². The Morgan fingerprint density at radius 1 is 1.35 bits per heavy atom. The van der Waals surface area contributed by atoms with E-state index in [9.17, 15) is 4.79 Å². The highest BCUT2D eigenvalue weighted by Gasteiger charge is 2.26. The quantitative estimate of drug-likeness (QED) is 0.822. The van der Waals surface area contributed by atoms with Crippen LogP contribution in [0, 0.1) is 5.92 Å². The molecule has 0 atom stereocenters. The molecule has 1 heterocycles. The van der Waals surface area contributed by atoms with Crippen LogP contribution in [0.15, 0.2) is 0 Å². The van der Waals surface area contributed by atoms with E-state index < -0.39 is 0 Å². The van der Waals surface area contributed by atoms with Crippen LogP contribution in [0.3, 0.4) is 0 Å². The molecule has 0 radical (unpaired) electrons. The summed E-state index contributed by atoms with van der Waals surface area (Å²) in [6.45, 7) is 12.2. The summed E-state index contributed by atoms with van der Waals surface area (Å²) in [7, 11) is 0. The van der Waals surface area contributed by atoms with Crippen molar-refractivity contribution in [3.05, 3.63) is 0 Å². The van der Waals surface area contributed by atoms with Crippen molar-refractivity contribution >= 4 is 18.3 Å². The first-order valence-electron chi connectivity index (χ1n) is 6.07. The minimum atomic E-state index is -0.222. The fourth-order valence-electron chi connectivity index (χ4n) is 2.10. The summed E-state index contributed by atoms with van der Waals surface area (Å²) >= 11 is 0. The Labute approximate surface area is 111 Å². The zero-order valence-electron chi connectivity index (χ0n) is 11.4. The van der Waals surface area contributed by atoms with Crippen molar-refractivity contribution in [2.75, 3.05) is 32.7 Å². The van der Waals surface area contributed by atoms with Crippen molar-refractivity contribution in [2.45, 2.75) is 33.2 Å². The van der Waals surface area contributed by atoms with Crippen LogP contribution in [0.25, 0.3) is 0 Å². The molecule has 0 spiro atoms. The Bertz CT molecular complexity index is 251. The Morgan fingerprint density at radius 2 is 1.94 bits per heavy atom. The number of hydrogen-bond acceptors (Lipinski definition) is 3. The van der Waals surface area contributed by atoms with Crippen LogP contribution in [-0.4, -0.2) is 54.0 Å². The third kappa shape index (κ3) is 6.24. The molecule has 5 heteroatoms. The van der Waals surface area contributed by atoms with Gasteiger partial charge in [-0.1, -0.05) is 13.8 Å². The summed E-state index contributed by atoms with van der Waals surface area (Å²) in [5, 5.41) is 0. The molecule has 1 fully saturated rings. The van der Waals surface area contributed by atoms with Crippen LogP contribution in [0.4, 0.5) is 0 Å². The predicted molar refractivity (Wildman–Crippen MR) is 73.4 cm³/mol. The molecule has 1 saturated heterocycles. The lowest BCUT2D eigenvalue weighted by atomic mass is 10.1. The van der Waals surface area contributed by atoms with E-state index >= 15 is 0 Å². The fraction of sp³-hybridized carbons (Fsp3) is 0.917. The third-order valence-corrected chi connectivity index (χ3v) is 2.61. The van der Waals surface area contributed by atoms with E-state index in [2.05, 4.69) is 18.7 Å². The largest absolute Gasteiger partial charge is 0.340 e. The van der Waals surface area contributed by atoms with Gasteiger partial charge in [0.15, 0.2) is 0 Å². The number of halogens is 1. The molecular formula is C12H26ClN3O. The van der Waals surface area contributed by atoms with Gasteiger partial charge in [-0.2, -0.15) is 0 Å². The maximum atomic E-state index is 11.9. The van der Waals surface area contributed by atoms with Gasteiger partial charge in [0.05, 0.1) is 6.54 Å². The lowest BCUT2D eigenvalue weighted by Gasteiger charge is -2.37. The van der Waals surface area contributed by atoms with Crippen LogP contribution in [0.5, 0.6) is 0 Å². The maximum Gasteiger partial charge on any atom is 0.236 e. The summed E-state index contributed by atoms with van der Waals surface area (Å²) in [6.07, 6.45) is 0. The first-order chi connectivity index (χ1) is 7.28. The lowest BCUT2D eigenvalue weighted by molar-refractivity contribution is -0.136. The third-order valence-electron chi connectivity index (χ3n) is 2.61. The fourth-order valence-corrected chi connectivity index (χ4v) is 2.10. The molecule has 0 aromatic heterocycles. The maximum absolute atomic E-state index is 11.9. The van der Waals surface area contributed by atoms with Crippen LogP contribution in [0.2, 0.25) is 0 Å². The molecule has 0 bridgehead atoms. The number of nitrogens with zero attached hydrogens (tertiary/aromatic N) is 2. The van der Waals surface area contributed by atoms with Gasteiger partial charge in [-0.15, -0.1) is 12.4 Å². The monoisotopic (exact) mass is 263 g/mol. The van der Waals surface area contributed by atoms with E-state index in [-0.39, 0.29) is 23.9 Å². The minimum absolute atomic E-state index is 0. The van der Waals surface area contributed by atoms with Crippen LogP contribution in [-0.2, 0) is 4.79 Å². The molecule has 102 valence electrons. The Kier molecular flexibility index (Phi) is 6.45. The van der Waals surface area contributed by atoms with Crippen molar-refractivity contribution in [1.29, 1.82) is 0 Å². The van der Waals surface area contributed by atoms with Crippen molar-refractivity contribution in [3.8, 4) is 0 Å². The standard InChI is InChI=1S/C12H25N3O.ClH/c1-10(2)7-15-6-5-14(8-11(15)16)9-12(3,4)13;/h10H,5-9,13H2,1-4H3;1H. The Morgan fingerprint density at radius 3 is 2.35 bits per heavy atom. The molecule has 1 aliphatic rings. The average Bonchev–Trinajstić information content (AvgIpc) is 2.06. The molecule has 4 nitrogen and oxygen atoms in total. The van der Waals surface area contributed by atoms with E-state index in [0.717, 1.165) is 26.2 Å². The minimum Gasteiger partial charge on any atom is -0.340 e. The van der Waals surface area contributed by atoms with E-state index in [1.807, 2.05) is 18.7 Å². The molecule has 0 aromatic rings. The van der Waals surface area contributed by atoms with Gasteiger partial charge in [-0.25, -0.2) is 0 Å². The molecule has 2 N–H and O–H groups in total. The van der Waals surface area contributed by atoms with E-state index in [1.54, 1.807) is 0 Å². The molecule has 0 unspecified atom stereocenters. The first-order valence-corrected chi connectivity index (χ1v) is 6.07. The molecular weight excluding hydrogens is 238 g/mol. The number of nitrogens with two attached hydrogens (primary N) is 1. The van der Waals surface area contributed by atoms with Crippen LogP contribution in [0.1, 0.15) is 27.7 Å². The normalized spacial score (nSPS) is 18.5. The highest BCUT2D eigenvalue weighted by Crippen LogP contribution is 2.09. The summed E-state index contributed by atoms with van der Waals surface area (Å²) in [4.78, 5) is 16.0. The van der Waals surface area contributed by atoms with Crippen LogP contribution >= 0.6 is 12.4 Å². The highest BCUT2D eigenvalue weighted by atomic mass is 35.5. The molecule has 0 aromatic carbocycles. The van der Waals surface area contributed by atoms with Gasteiger partial charge in [0.25, 0.3) is 0 Å². The van der Waals surface area contributed by atoms with E-state index in [0.29, 0.717) is 12.5 Å². The van der Waals surface area contributed by atoms with E-state index in [1.165, 1.54) is 0 Å². The topological polar surface area (TPSA) is 49.6 Å². The number of carbonyl (C=O) groups excluding carboxylic acids is 1. The second-order valence-corrected chi connectivity index (χ2v) is 5.93. The number of piperazine rings is 1. The molecule has 0 aliphatic carbocycles. The highest BCUT2D eigenvalue weighted by molar-refractivity contribution is 5.85. The van der Waals surface area contributed by atoms with Gasteiger partial charge in [0, 0.05) is 31.7 Å². The summed E-state index contributed by atoms with van der Waals surface area (Å²) < 4.78 is 0. The lowest BCUT2D eigenvalue weighted by Crippen LogP contribution is -2.55. The molecule has 0 saturated carbocycles. The predicted octanol–water partition coefficient (Wildman–Crippen LogP) is 0.946. The second kappa shape index (κ2) is 6.57. The SMILES string of the molecule is CC(C)CN1CCN(CC(C)(C)N)CC1=O.Cl. The molecule has 17 heavy (non-hydrogen) atoms. The molecule has 1 aliphatic heterocycles. The van der Waals surface area contributed by atoms with Gasteiger partial charge >= 0.3 is 0 Å². The molecule has 1 amide bonds. The first kappa shape index (κ1) is 16.7. The van der Waals surface area contributed by atoms with Gasteiger partial charge in [0.2, 0.25) is 5.91 Å².